The first-order valence-electron chi connectivity index (χ1n) is 6.49. The van der Waals surface area contributed by atoms with E-state index in [0.717, 1.165) is 45.3 Å². The zero-order valence-corrected chi connectivity index (χ0v) is 10.8. The predicted octanol–water partition coefficient (Wildman–Crippen LogP) is 2.06. The Kier molecular flexibility index (Phi) is 6.73. The average Bonchev–Trinajstić information content (AvgIpc) is 2.36. The molecular formula is C14H23NO2. The Labute approximate surface area is 105 Å². The van der Waals surface area contributed by atoms with Gasteiger partial charge in [0, 0.05) is 12.8 Å². The minimum absolute atomic E-state index is 0.0718. The summed E-state index contributed by atoms with van der Waals surface area (Å²) < 4.78 is 4.70. The molecule has 0 aliphatic carbocycles. The Morgan fingerprint density at radius 2 is 2.12 bits per heavy atom. The first-order chi connectivity index (χ1) is 8.26. The summed E-state index contributed by atoms with van der Waals surface area (Å²) in [5, 5.41) is 0. The molecule has 0 atom stereocenters. The maximum absolute atomic E-state index is 11.2. The van der Waals surface area contributed by atoms with E-state index in [2.05, 4.69) is 10.8 Å². The smallest absolute Gasteiger partial charge is 0.305 e. The number of ether oxygens (including phenoxy) is 1. The highest BCUT2D eigenvalue weighted by Crippen LogP contribution is 2.21. The van der Waals surface area contributed by atoms with Crippen LogP contribution in [-0.4, -0.2) is 37.6 Å². The number of piperidine rings is 1. The lowest BCUT2D eigenvalue weighted by molar-refractivity contribution is -0.142. The number of carbonyl (C=O) groups excluding carboxylic acids is 1. The topological polar surface area (TPSA) is 29.5 Å². The first kappa shape index (κ1) is 14.1. The quantitative estimate of drug-likeness (QED) is 0.402. The number of likely N-dealkylation sites (tertiary alicyclic amines) is 1. The maximum Gasteiger partial charge on any atom is 0.305 e. The van der Waals surface area contributed by atoms with Crippen molar-refractivity contribution < 1.29 is 9.53 Å². The lowest BCUT2D eigenvalue weighted by Crippen LogP contribution is -2.35. The number of unbranched alkanes of at least 4 members (excludes halogenated alkanes) is 2. The molecule has 0 aromatic rings. The number of nitrogens with zero attached hydrogens (tertiary/aromatic N) is 1. The number of esters is 1. The highest BCUT2D eigenvalue weighted by atomic mass is 16.5. The number of rotatable bonds is 6. The molecule has 96 valence electrons. The minimum atomic E-state index is -0.0718. The Bertz CT molecular complexity index is 262. The molecular weight excluding hydrogens is 214 g/mol. The molecule has 17 heavy (non-hydrogen) atoms. The summed E-state index contributed by atoms with van der Waals surface area (Å²) in [6, 6.07) is 0. The molecule has 0 aromatic carbocycles. The maximum atomic E-state index is 11.2. The highest BCUT2D eigenvalue weighted by molar-refractivity contribution is 5.69. The molecule has 0 radical (unpaired) electrons. The molecule has 0 saturated carbocycles. The van der Waals surface area contributed by atoms with Gasteiger partial charge in [-0.1, -0.05) is 0 Å². The van der Waals surface area contributed by atoms with Gasteiger partial charge in [-0.15, -0.1) is 12.3 Å². The van der Waals surface area contributed by atoms with E-state index in [4.69, 9.17) is 11.2 Å². The van der Waals surface area contributed by atoms with Gasteiger partial charge in [0.1, 0.15) is 0 Å². The molecule has 0 aromatic heterocycles. The summed E-state index contributed by atoms with van der Waals surface area (Å²) in [6.45, 7) is 3.36. The average molecular weight is 237 g/mol. The largest absolute Gasteiger partial charge is 0.469 e. The van der Waals surface area contributed by atoms with Crippen molar-refractivity contribution in [2.75, 3.05) is 26.7 Å². The Morgan fingerprint density at radius 1 is 1.41 bits per heavy atom. The van der Waals surface area contributed by atoms with Gasteiger partial charge in [-0.25, -0.2) is 0 Å². The van der Waals surface area contributed by atoms with Gasteiger partial charge in [-0.2, -0.15) is 0 Å². The molecule has 1 aliphatic rings. The number of carbonyl (C=O) groups is 1. The molecule has 1 fully saturated rings. The third-order valence-corrected chi connectivity index (χ3v) is 3.44. The summed E-state index contributed by atoms with van der Waals surface area (Å²) >= 11 is 0. The molecule has 0 spiro atoms. The molecule has 0 N–H and O–H groups in total. The van der Waals surface area contributed by atoms with E-state index >= 15 is 0 Å². The monoisotopic (exact) mass is 237 g/mol. The van der Waals surface area contributed by atoms with Gasteiger partial charge < -0.3 is 9.64 Å². The normalized spacial score (nSPS) is 17.6. The van der Waals surface area contributed by atoms with Crippen LogP contribution in [0, 0.1) is 18.3 Å². The van der Waals surface area contributed by atoms with Crippen molar-refractivity contribution in [3.8, 4) is 12.3 Å². The summed E-state index contributed by atoms with van der Waals surface area (Å²) in [4.78, 5) is 13.6. The van der Waals surface area contributed by atoms with Gasteiger partial charge in [0.15, 0.2) is 0 Å². The predicted molar refractivity (Wildman–Crippen MR) is 68.5 cm³/mol. The zero-order valence-electron chi connectivity index (χ0n) is 10.8. The van der Waals surface area contributed by atoms with Crippen LogP contribution in [0.25, 0.3) is 0 Å². The van der Waals surface area contributed by atoms with Gasteiger partial charge in [0.25, 0.3) is 0 Å². The second kappa shape index (κ2) is 8.14. The van der Waals surface area contributed by atoms with Crippen molar-refractivity contribution in [2.45, 2.75) is 38.5 Å². The molecule has 1 aliphatic heterocycles. The van der Waals surface area contributed by atoms with Crippen molar-refractivity contribution in [3.63, 3.8) is 0 Å². The van der Waals surface area contributed by atoms with E-state index < -0.39 is 0 Å². The third kappa shape index (κ3) is 5.74. The molecule has 0 unspecified atom stereocenters. The molecule has 3 nitrogen and oxygen atoms in total. The fourth-order valence-electron chi connectivity index (χ4n) is 2.30. The van der Waals surface area contributed by atoms with Gasteiger partial charge >= 0.3 is 5.97 Å². The second-order valence-electron chi connectivity index (χ2n) is 4.73. The van der Waals surface area contributed by atoms with Crippen LogP contribution < -0.4 is 0 Å². The number of terminal acetylenes is 1. The highest BCUT2D eigenvalue weighted by Gasteiger charge is 2.21. The van der Waals surface area contributed by atoms with E-state index in [1.807, 2.05) is 0 Å². The first-order valence-corrected chi connectivity index (χ1v) is 6.49. The van der Waals surface area contributed by atoms with E-state index in [-0.39, 0.29) is 5.97 Å². The van der Waals surface area contributed by atoms with Gasteiger partial charge in [-0.05, 0) is 51.2 Å². The lowest BCUT2D eigenvalue weighted by atomic mass is 9.93. The summed E-state index contributed by atoms with van der Waals surface area (Å²) in [6.07, 6.45) is 11.2. The van der Waals surface area contributed by atoms with Crippen LogP contribution in [0.1, 0.15) is 38.5 Å². The van der Waals surface area contributed by atoms with Crippen LogP contribution in [0.5, 0.6) is 0 Å². The molecule has 3 heteroatoms. The van der Waals surface area contributed by atoms with Crippen molar-refractivity contribution in [1.82, 2.24) is 4.90 Å². The Hall–Kier alpha value is -1.01. The number of hydrogen-bond donors (Lipinski definition) is 0. The van der Waals surface area contributed by atoms with E-state index in [9.17, 15) is 4.79 Å². The zero-order chi connectivity index (χ0) is 12.5. The van der Waals surface area contributed by atoms with Crippen LogP contribution in [0.15, 0.2) is 0 Å². The van der Waals surface area contributed by atoms with Crippen LogP contribution >= 0.6 is 0 Å². The minimum Gasteiger partial charge on any atom is -0.469 e. The number of methoxy groups -OCH3 is 1. The van der Waals surface area contributed by atoms with Crippen molar-refractivity contribution >= 4 is 5.97 Å². The van der Waals surface area contributed by atoms with Crippen LogP contribution in [-0.2, 0) is 9.53 Å². The standard InChI is InChI=1S/C14H23NO2/c1-3-4-5-6-9-15-10-7-13(8-11-15)12-14(16)17-2/h1,13H,4-12H2,2H3. The van der Waals surface area contributed by atoms with E-state index in [1.54, 1.807) is 0 Å². The Morgan fingerprint density at radius 3 is 2.71 bits per heavy atom. The Balaban J connectivity index is 2.09. The van der Waals surface area contributed by atoms with Crippen LogP contribution in [0.3, 0.4) is 0 Å². The van der Waals surface area contributed by atoms with Gasteiger partial charge in [0.05, 0.1) is 7.11 Å². The molecule has 1 heterocycles. The lowest BCUT2D eigenvalue weighted by Gasteiger charge is -2.31. The second-order valence-corrected chi connectivity index (χ2v) is 4.73. The van der Waals surface area contributed by atoms with E-state index in [1.165, 1.54) is 13.5 Å². The van der Waals surface area contributed by atoms with Crippen LogP contribution in [0.2, 0.25) is 0 Å². The van der Waals surface area contributed by atoms with Crippen molar-refractivity contribution in [1.29, 1.82) is 0 Å². The summed E-state index contributed by atoms with van der Waals surface area (Å²) in [7, 11) is 1.46. The van der Waals surface area contributed by atoms with Gasteiger partial charge in [0.2, 0.25) is 0 Å². The van der Waals surface area contributed by atoms with Gasteiger partial charge in [-0.3, -0.25) is 4.79 Å². The molecule has 0 amide bonds. The molecule has 0 bridgehead atoms. The van der Waals surface area contributed by atoms with E-state index in [0.29, 0.717) is 12.3 Å². The summed E-state index contributed by atoms with van der Waals surface area (Å²) in [5.74, 6) is 3.12. The molecule has 1 rings (SSSR count). The number of hydrogen-bond acceptors (Lipinski definition) is 3. The van der Waals surface area contributed by atoms with Crippen molar-refractivity contribution in [2.24, 2.45) is 5.92 Å². The molecule has 1 saturated heterocycles. The third-order valence-electron chi connectivity index (χ3n) is 3.44. The van der Waals surface area contributed by atoms with Crippen molar-refractivity contribution in [3.05, 3.63) is 0 Å². The fourth-order valence-corrected chi connectivity index (χ4v) is 2.30. The fraction of sp³-hybridized carbons (Fsp3) is 0.786. The summed E-state index contributed by atoms with van der Waals surface area (Å²) in [5.41, 5.74) is 0. The van der Waals surface area contributed by atoms with Crippen LogP contribution in [0.4, 0.5) is 0 Å². The SMILES string of the molecule is C#CCCCCN1CCC(CC(=O)OC)CC1.